The number of hydrogen-bond donors (Lipinski definition) is 5. The van der Waals surface area contributed by atoms with Crippen molar-refractivity contribution in [2.45, 2.75) is 190 Å². The Morgan fingerprint density at radius 1 is 0.500 bits per heavy atom. The van der Waals surface area contributed by atoms with Crippen LogP contribution in [-0.4, -0.2) is 221 Å². The first kappa shape index (κ1) is 73.9. The maximum Gasteiger partial charge on any atom is 0.246 e. The average Bonchev–Trinajstić information content (AvgIpc) is 3.37. The average molecular weight is 1130 g/mol. The fraction of sp³-hybridized carbons (Fsp3) is 0.772. The summed E-state index contributed by atoms with van der Waals surface area (Å²) in [7, 11) is 9.94. The molecule has 80 heavy (non-hydrogen) atoms. The van der Waals surface area contributed by atoms with Crippen LogP contribution in [0.1, 0.15) is 136 Å². The lowest BCUT2D eigenvalue weighted by Crippen LogP contribution is -2.63. The zero-order chi connectivity index (χ0) is 62.5. The van der Waals surface area contributed by atoms with Gasteiger partial charge in [0.25, 0.3) is 0 Å². The number of hydrogen-bond acceptors (Lipinski definition) is 12. The molecule has 0 aromatic rings. The minimum atomic E-state index is -1.59. The summed E-state index contributed by atoms with van der Waals surface area (Å²) in [4.78, 5) is 160. The Labute approximate surface area is 477 Å². The van der Waals surface area contributed by atoms with Gasteiger partial charge in [0.2, 0.25) is 65.0 Å². The van der Waals surface area contributed by atoms with E-state index in [-0.39, 0.29) is 55.4 Å². The molecule has 0 bridgehead atoms. The fourth-order valence-corrected chi connectivity index (χ4v) is 9.54. The SMILES string of the molecule is C/C=C/C[C@H](C)[C@H](O)C(C(=O)N[C@H](CC)C(=O)N(C)CC(=O)N(C)[C@@H](C(N)=O)C(C)CC)N(C)C(=O)[C@@H](C(C)C)N(C)C(=O)[C@@H](CC(C)C)N(C)C(=O)[C@@H](CC(C)C)N(C)C(=O)[C@H](C)NC(=O)[C@@H](C)NC(=O)CN(C)C(=O)C(C)C. The molecule has 6 N–H and O–H groups in total. The van der Waals surface area contributed by atoms with Crippen LogP contribution in [0.3, 0.4) is 0 Å². The third-order valence-electron chi connectivity index (χ3n) is 14.7. The number of nitrogens with one attached hydrogen (secondary N) is 3. The molecular weight excluding hydrogens is 1030 g/mol. The molecular formula is C57H103N11O12. The van der Waals surface area contributed by atoms with E-state index in [1.165, 1.54) is 87.7 Å². The minimum Gasteiger partial charge on any atom is -0.390 e. The van der Waals surface area contributed by atoms with Crippen molar-refractivity contribution in [2.75, 3.05) is 62.4 Å². The van der Waals surface area contributed by atoms with Crippen molar-refractivity contribution in [1.29, 1.82) is 0 Å². The maximum absolute atomic E-state index is 15.0. The van der Waals surface area contributed by atoms with Crippen LogP contribution in [0.25, 0.3) is 0 Å². The van der Waals surface area contributed by atoms with Crippen molar-refractivity contribution < 1.29 is 57.8 Å². The van der Waals surface area contributed by atoms with E-state index < -0.39 is 132 Å². The van der Waals surface area contributed by atoms with Crippen molar-refractivity contribution >= 4 is 65.0 Å². The number of nitrogens with zero attached hydrogens (tertiary/aromatic N) is 7. The van der Waals surface area contributed by atoms with Gasteiger partial charge in [-0.05, 0) is 76.0 Å². The molecule has 0 aliphatic rings. The van der Waals surface area contributed by atoms with E-state index in [1.54, 1.807) is 67.5 Å². The zero-order valence-electron chi connectivity index (χ0n) is 52.4. The fourth-order valence-electron chi connectivity index (χ4n) is 9.54. The van der Waals surface area contributed by atoms with Crippen molar-refractivity contribution in [2.24, 2.45) is 41.2 Å². The van der Waals surface area contributed by atoms with Gasteiger partial charge in [-0.25, -0.2) is 0 Å². The Kier molecular flexibility index (Phi) is 31.6. The van der Waals surface area contributed by atoms with Gasteiger partial charge in [-0.15, -0.1) is 0 Å². The lowest BCUT2D eigenvalue weighted by molar-refractivity contribution is -0.157. The molecule has 0 rings (SSSR count). The van der Waals surface area contributed by atoms with Crippen LogP contribution in [0.2, 0.25) is 0 Å². The predicted molar refractivity (Wildman–Crippen MR) is 307 cm³/mol. The normalized spacial score (nSPS) is 15.7. The maximum atomic E-state index is 15.0. The van der Waals surface area contributed by atoms with Gasteiger partial charge in [0.15, 0.2) is 0 Å². The Balaban J connectivity index is 7.01. The zero-order valence-corrected chi connectivity index (χ0v) is 52.4. The van der Waals surface area contributed by atoms with Gasteiger partial charge >= 0.3 is 0 Å². The van der Waals surface area contributed by atoms with E-state index in [4.69, 9.17) is 5.73 Å². The summed E-state index contributed by atoms with van der Waals surface area (Å²) < 4.78 is 0. The smallest absolute Gasteiger partial charge is 0.246 e. The first-order valence-corrected chi connectivity index (χ1v) is 28.2. The first-order valence-electron chi connectivity index (χ1n) is 28.2. The quantitative estimate of drug-likeness (QED) is 0.0589. The van der Waals surface area contributed by atoms with E-state index in [0.717, 1.165) is 9.80 Å². The summed E-state index contributed by atoms with van der Waals surface area (Å²) in [6, 6.07) is -9.51. The van der Waals surface area contributed by atoms with Gasteiger partial charge in [-0.3, -0.25) is 52.7 Å². The van der Waals surface area contributed by atoms with Gasteiger partial charge in [0.05, 0.1) is 19.2 Å². The van der Waals surface area contributed by atoms with E-state index in [0.29, 0.717) is 12.8 Å². The summed E-state index contributed by atoms with van der Waals surface area (Å²) in [5.74, 6) is -8.89. The van der Waals surface area contributed by atoms with Gasteiger partial charge in [0, 0.05) is 55.3 Å². The van der Waals surface area contributed by atoms with E-state index in [9.17, 15) is 48.3 Å². The number of carbonyl (C=O) groups excluding carboxylic acids is 11. The molecule has 0 heterocycles. The van der Waals surface area contributed by atoms with Crippen LogP contribution in [0.15, 0.2) is 12.2 Å². The Hall–Kier alpha value is -6.13. The Morgan fingerprint density at radius 2 is 0.975 bits per heavy atom. The van der Waals surface area contributed by atoms with Gasteiger partial charge < -0.3 is 61.1 Å². The summed E-state index contributed by atoms with van der Waals surface area (Å²) in [6.45, 7) is 25.2. The van der Waals surface area contributed by atoms with Gasteiger partial charge in [-0.1, -0.05) is 102 Å². The number of rotatable bonds is 33. The topological polar surface area (TPSA) is 293 Å². The highest BCUT2D eigenvalue weighted by Crippen LogP contribution is 2.25. The van der Waals surface area contributed by atoms with Crippen LogP contribution >= 0.6 is 0 Å². The molecule has 0 saturated heterocycles. The molecule has 0 radical (unpaired) electrons. The second kappa shape index (κ2) is 34.2. The highest BCUT2D eigenvalue weighted by atomic mass is 16.3. The van der Waals surface area contributed by atoms with Crippen LogP contribution in [0.4, 0.5) is 0 Å². The van der Waals surface area contributed by atoms with Crippen molar-refractivity contribution in [3.8, 4) is 0 Å². The van der Waals surface area contributed by atoms with E-state index >= 15 is 9.59 Å². The molecule has 0 aliphatic heterocycles. The van der Waals surface area contributed by atoms with Crippen LogP contribution in [-0.2, 0) is 52.7 Å². The number of amides is 11. The highest BCUT2D eigenvalue weighted by molar-refractivity contribution is 5.98. The second-order valence-electron chi connectivity index (χ2n) is 23.3. The first-order chi connectivity index (χ1) is 36.9. The molecule has 458 valence electrons. The lowest BCUT2D eigenvalue weighted by Gasteiger charge is -2.41. The summed E-state index contributed by atoms with van der Waals surface area (Å²) in [5, 5.41) is 19.8. The van der Waals surface area contributed by atoms with Crippen LogP contribution < -0.4 is 21.7 Å². The Morgan fingerprint density at radius 3 is 1.41 bits per heavy atom. The predicted octanol–water partition coefficient (Wildman–Crippen LogP) is 1.84. The number of nitrogens with two attached hydrogens (primary N) is 1. The number of aliphatic hydroxyl groups is 1. The summed E-state index contributed by atoms with van der Waals surface area (Å²) in [5.41, 5.74) is 5.64. The molecule has 0 fully saturated rings. The second-order valence-corrected chi connectivity index (χ2v) is 23.3. The molecule has 23 heteroatoms. The molecule has 2 unspecified atom stereocenters. The molecule has 11 amide bonds. The third-order valence-corrected chi connectivity index (χ3v) is 14.7. The van der Waals surface area contributed by atoms with Gasteiger partial charge in [-0.2, -0.15) is 0 Å². The molecule has 0 aromatic heterocycles. The van der Waals surface area contributed by atoms with Crippen molar-refractivity contribution in [1.82, 2.24) is 50.2 Å². The monoisotopic (exact) mass is 1130 g/mol. The number of aliphatic hydroxyl groups excluding tert-OH is 1. The summed E-state index contributed by atoms with van der Waals surface area (Å²) >= 11 is 0. The Bertz CT molecular complexity index is 2150. The van der Waals surface area contributed by atoms with Crippen LogP contribution in [0, 0.1) is 35.5 Å². The van der Waals surface area contributed by atoms with E-state index in [2.05, 4.69) is 16.0 Å². The molecule has 0 saturated carbocycles. The van der Waals surface area contributed by atoms with E-state index in [1.807, 2.05) is 34.6 Å². The van der Waals surface area contributed by atoms with Crippen molar-refractivity contribution in [3.63, 3.8) is 0 Å². The summed E-state index contributed by atoms with van der Waals surface area (Å²) in [6.07, 6.45) is 3.34. The van der Waals surface area contributed by atoms with Crippen molar-refractivity contribution in [3.05, 3.63) is 12.2 Å². The molecule has 0 aliphatic carbocycles. The number of likely N-dealkylation sites (N-methyl/N-ethyl adjacent to an activating group) is 7. The number of carbonyl (C=O) groups is 11. The largest absolute Gasteiger partial charge is 0.390 e. The van der Waals surface area contributed by atoms with Gasteiger partial charge in [0.1, 0.15) is 48.3 Å². The molecule has 23 nitrogen and oxygen atoms in total. The highest BCUT2D eigenvalue weighted by Gasteiger charge is 2.45. The van der Waals surface area contributed by atoms with Crippen LogP contribution in [0.5, 0.6) is 0 Å². The lowest BCUT2D eigenvalue weighted by atomic mass is 9.91. The third kappa shape index (κ3) is 21.4. The molecule has 0 aromatic carbocycles. The number of primary amides is 1. The standard InChI is InChI=1S/C57H103N11O12/c1-23-26-27-37(13)48(71)47(51(74)61-40(25-3)54(77)63(17)31-44(70)66(20)46(49(58)72)36(12)24-2)68(22)57(80)45(34(8)9)67(21)56(79)42(29-33(6)7)65(19)55(78)41(28-32(4)5)64(18)53(76)39(15)60-50(73)38(14)59-43(69)30-62(16)52(75)35(10)11/h23,26,32-42,45-48,71H,24-25,27-31H2,1-22H3,(H2,58,72)(H,59,69)(H,60,73)(H,61,74)/b26-23+/t36?,37-,38+,39-,40+,41+,42+,45+,46+,47?,48-/m0/s1. The molecule has 11 atom stereocenters. The molecule has 0 spiro atoms. The minimum absolute atomic E-state index is 0.0557. The number of allylic oxidation sites excluding steroid dienone is 2.